The van der Waals surface area contributed by atoms with Crippen LogP contribution in [0.1, 0.15) is 12.0 Å². The minimum atomic E-state index is -0.247. The predicted octanol–water partition coefficient (Wildman–Crippen LogP) is 1.94. The molecule has 0 bridgehead atoms. The fraction of sp³-hybridized carbons (Fsp3) is 0.500. The topological polar surface area (TPSA) is 38.5 Å². The smallest absolute Gasteiger partial charge is 0.128 e. The van der Waals surface area contributed by atoms with Gasteiger partial charge in [-0.2, -0.15) is 0 Å². The monoisotopic (exact) mass is 224 g/mol. The Morgan fingerprint density at radius 2 is 2.25 bits per heavy atom. The zero-order valence-corrected chi connectivity index (χ0v) is 9.66. The molecule has 0 spiro atoms. The number of nitrogen functional groups attached to an aromatic ring is 1. The standard InChI is InChI=1S/C12H17FN2O/c1-8-5-12(11(14)6-10(8)13)15-4-3-9(7-15)16-2/h5-6,9H,3-4,7,14H2,1-2H3. The maximum Gasteiger partial charge on any atom is 0.128 e. The number of anilines is 2. The van der Waals surface area contributed by atoms with E-state index in [1.54, 1.807) is 14.0 Å². The van der Waals surface area contributed by atoms with Crippen molar-refractivity contribution >= 4 is 11.4 Å². The molecule has 1 atom stereocenters. The van der Waals surface area contributed by atoms with Gasteiger partial charge >= 0.3 is 0 Å². The zero-order chi connectivity index (χ0) is 11.7. The van der Waals surface area contributed by atoms with Crippen LogP contribution in [0.3, 0.4) is 0 Å². The fourth-order valence-corrected chi connectivity index (χ4v) is 2.09. The zero-order valence-electron chi connectivity index (χ0n) is 9.66. The van der Waals surface area contributed by atoms with Gasteiger partial charge in [-0.1, -0.05) is 0 Å². The summed E-state index contributed by atoms with van der Waals surface area (Å²) in [5.41, 5.74) is 7.88. The van der Waals surface area contributed by atoms with Gasteiger partial charge in [0.1, 0.15) is 5.82 Å². The van der Waals surface area contributed by atoms with Crippen molar-refractivity contribution in [3.05, 3.63) is 23.5 Å². The van der Waals surface area contributed by atoms with E-state index < -0.39 is 0 Å². The van der Waals surface area contributed by atoms with Gasteiger partial charge in [-0.15, -0.1) is 0 Å². The Labute approximate surface area is 95.0 Å². The number of halogens is 1. The Morgan fingerprint density at radius 1 is 1.50 bits per heavy atom. The van der Waals surface area contributed by atoms with E-state index in [-0.39, 0.29) is 11.9 Å². The molecule has 0 saturated carbocycles. The number of aryl methyl sites for hydroxylation is 1. The number of nitrogens with two attached hydrogens (primary N) is 1. The molecule has 1 aliphatic rings. The Kier molecular flexibility index (Phi) is 3.01. The van der Waals surface area contributed by atoms with Crippen LogP contribution in [0.2, 0.25) is 0 Å². The molecular weight excluding hydrogens is 207 g/mol. The average molecular weight is 224 g/mol. The number of nitrogens with zero attached hydrogens (tertiary/aromatic N) is 1. The number of hydrogen-bond donors (Lipinski definition) is 1. The molecule has 2 N–H and O–H groups in total. The second kappa shape index (κ2) is 4.29. The van der Waals surface area contributed by atoms with Crippen molar-refractivity contribution < 1.29 is 9.13 Å². The molecule has 0 aliphatic carbocycles. The van der Waals surface area contributed by atoms with E-state index in [1.165, 1.54) is 6.07 Å². The van der Waals surface area contributed by atoms with Crippen LogP contribution in [0.5, 0.6) is 0 Å². The first-order chi connectivity index (χ1) is 7.61. The Bertz CT molecular complexity index is 395. The largest absolute Gasteiger partial charge is 0.397 e. The summed E-state index contributed by atoms with van der Waals surface area (Å²) < 4.78 is 18.6. The molecule has 88 valence electrons. The number of ether oxygens (including phenoxy) is 1. The first-order valence-corrected chi connectivity index (χ1v) is 5.45. The van der Waals surface area contributed by atoms with Crippen molar-refractivity contribution in [2.45, 2.75) is 19.4 Å². The van der Waals surface area contributed by atoms with Gasteiger partial charge in [0.25, 0.3) is 0 Å². The van der Waals surface area contributed by atoms with Gasteiger partial charge in [-0.05, 0) is 31.0 Å². The molecule has 4 heteroatoms. The number of rotatable bonds is 2. The second-order valence-electron chi connectivity index (χ2n) is 4.25. The van der Waals surface area contributed by atoms with Crippen molar-refractivity contribution in [1.29, 1.82) is 0 Å². The van der Waals surface area contributed by atoms with E-state index in [2.05, 4.69) is 4.90 Å². The molecule has 1 aromatic carbocycles. The summed E-state index contributed by atoms with van der Waals surface area (Å²) in [7, 11) is 1.72. The summed E-state index contributed by atoms with van der Waals surface area (Å²) in [4.78, 5) is 2.15. The van der Waals surface area contributed by atoms with E-state index in [0.29, 0.717) is 11.3 Å². The van der Waals surface area contributed by atoms with E-state index >= 15 is 0 Å². The lowest BCUT2D eigenvalue weighted by Gasteiger charge is -2.21. The summed E-state index contributed by atoms with van der Waals surface area (Å²) in [6, 6.07) is 3.20. The summed E-state index contributed by atoms with van der Waals surface area (Å²) in [6.07, 6.45) is 1.25. The minimum absolute atomic E-state index is 0.247. The second-order valence-corrected chi connectivity index (χ2v) is 4.25. The van der Waals surface area contributed by atoms with Crippen molar-refractivity contribution in [2.75, 3.05) is 30.8 Å². The normalized spacial score (nSPS) is 20.4. The van der Waals surface area contributed by atoms with Gasteiger partial charge < -0.3 is 15.4 Å². The molecule has 0 amide bonds. The molecule has 2 rings (SSSR count). The summed E-state index contributed by atoms with van der Waals surface area (Å²) in [5, 5.41) is 0. The van der Waals surface area contributed by atoms with Crippen LogP contribution in [0.25, 0.3) is 0 Å². The van der Waals surface area contributed by atoms with E-state index in [4.69, 9.17) is 10.5 Å². The molecule has 16 heavy (non-hydrogen) atoms. The Balaban J connectivity index is 2.24. The fourth-order valence-electron chi connectivity index (χ4n) is 2.09. The molecule has 0 aromatic heterocycles. The predicted molar refractivity (Wildman–Crippen MR) is 63.2 cm³/mol. The molecule has 1 aromatic rings. The van der Waals surface area contributed by atoms with Crippen LogP contribution < -0.4 is 10.6 Å². The maximum atomic E-state index is 13.3. The highest BCUT2D eigenvalue weighted by Gasteiger charge is 2.23. The van der Waals surface area contributed by atoms with Crippen LogP contribution in [0.4, 0.5) is 15.8 Å². The van der Waals surface area contributed by atoms with Crippen molar-refractivity contribution in [3.8, 4) is 0 Å². The minimum Gasteiger partial charge on any atom is -0.397 e. The van der Waals surface area contributed by atoms with Crippen LogP contribution in [-0.4, -0.2) is 26.3 Å². The Hall–Kier alpha value is -1.29. The summed E-state index contributed by atoms with van der Waals surface area (Å²) >= 11 is 0. The molecule has 0 radical (unpaired) electrons. The van der Waals surface area contributed by atoms with Gasteiger partial charge in [0.2, 0.25) is 0 Å². The van der Waals surface area contributed by atoms with Crippen LogP contribution in [0.15, 0.2) is 12.1 Å². The van der Waals surface area contributed by atoms with Gasteiger partial charge in [-0.25, -0.2) is 4.39 Å². The molecule has 1 heterocycles. The third-order valence-corrected chi connectivity index (χ3v) is 3.13. The molecule has 1 fully saturated rings. The first kappa shape index (κ1) is 11.2. The first-order valence-electron chi connectivity index (χ1n) is 5.45. The summed E-state index contributed by atoms with van der Waals surface area (Å²) in [5.74, 6) is -0.247. The van der Waals surface area contributed by atoms with E-state index in [9.17, 15) is 4.39 Å². The SMILES string of the molecule is COC1CCN(c2cc(C)c(F)cc2N)C1. The molecule has 3 nitrogen and oxygen atoms in total. The highest BCUT2D eigenvalue weighted by molar-refractivity contribution is 5.69. The Morgan fingerprint density at radius 3 is 2.88 bits per heavy atom. The van der Waals surface area contributed by atoms with Crippen molar-refractivity contribution in [1.82, 2.24) is 0 Å². The third kappa shape index (κ3) is 1.97. The highest BCUT2D eigenvalue weighted by Crippen LogP contribution is 2.29. The lowest BCUT2D eigenvalue weighted by molar-refractivity contribution is 0.121. The molecule has 1 unspecified atom stereocenters. The van der Waals surface area contributed by atoms with Gasteiger partial charge in [-0.3, -0.25) is 0 Å². The molecule has 1 aliphatic heterocycles. The van der Waals surface area contributed by atoms with Gasteiger partial charge in [0.15, 0.2) is 0 Å². The van der Waals surface area contributed by atoms with Crippen LogP contribution in [-0.2, 0) is 4.74 Å². The lowest BCUT2D eigenvalue weighted by atomic mass is 10.1. The highest BCUT2D eigenvalue weighted by atomic mass is 19.1. The summed E-state index contributed by atoms with van der Waals surface area (Å²) in [6.45, 7) is 3.49. The average Bonchev–Trinajstić information content (AvgIpc) is 2.71. The number of hydrogen-bond acceptors (Lipinski definition) is 3. The number of benzene rings is 1. The van der Waals surface area contributed by atoms with E-state index in [1.807, 2.05) is 6.07 Å². The molecular formula is C12H17FN2O. The van der Waals surface area contributed by atoms with Gasteiger partial charge in [0.05, 0.1) is 17.5 Å². The van der Waals surface area contributed by atoms with Crippen molar-refractivity contribution in [2.24, 2.45) is 0 Å². The number of methoxy groups -OCH3 is 1. The molecule has 1 saturated heterocycles. The third-order valence-electron chi connectivity index (χ3n) is 3.13. The quantitative estimate of drug-likeness (QED) is 0.780. The van der Waals surface area contributed by atoms with Gasteiger partial charge in [0, 0.05) is 20.2 Å². The lowest BCUT2D eigenvalue weighted by Crippen LogP contribution is -2.23. The van der Waals surface area contributed by atoms with Crippen LogP contribution >= 0.6 is 0 Å². The van der Waals surface area contributed by atoms with E-state index in [0.717, 1.165) is 25.2 Å². The maximum absolute atomic E-state index is 13.3. The van der Waals surface area contributed by atoms with Crippen molar-refractivity contribution in [3.63, 3.8) is 0 Å². The van der Waals surface area contributed by atoms with Crippen LogP contribution in [0, 0.1) is 12.7 Å².